The van der Waals surface area contributed by atoms with Gasteiger partial charge in [0.05, 0.1) is 49.8 Å². The van der Waals surface area contributed by atoms with E-state index < -0.39 is 118 Å². The highest BCUT2D eigenvalue weighted by atomic mass is 35.6. The fourth-order valence-corrected chi connectivity index (χ4v) is 9.19. The number of ether oxygens (including phenoxy) is 10. The molecule has 73 heavy (non-hydrogen) atoms. The highest BCUT2D eigenvalue weighted by Gasteiger charge is 2.53. The van der Waals surface area contributed by atoms with E-state index in [2.05, 4.69) is 10.6 Å². The van der Waals surface area contributed by atoms with Crippen LogP contribution < -0.4 is 10.6 Å². The van der Waals surface area contributed by atoms with Crippen LogP contribution in [0.5, 0.6) is 0 Å². The van der Waals surface area contributed by atoms with Crippen LogP contribution in [0.2, 0.25) is 0 Å². The Bertz CT molecular complexity index is 2460. The summed E-state index contributed by atoms with van der Waals surface area (Å²) in [6.07, 6.45) is -11.5. The molecule has 2 N–H and O–H groups in total. The third-order valence-electron chi connectivity index (χ3n) is 11.2. The van der Waals surface area contributed by atoms with Gasteiger partial charge in [-0.1, -0.05) is 144 Å². The van der Waals surface area contributed by atoms with E-state index in [1.54, 1.807) is 18.2 Å². The monoisotopic (exact) mass is 1090 g/mol. The average Bonchev–Trinajstić information content (AvgIpc) is 3.36. The number of sulfone groups is 1. The van der Waals surface area contributed by atoms with Crippen molar-refractivity contribution in [1.29, 1.82) is 0 Å². The minimum atomic E-state index is -3.84. The topological polar surface area (TPSA) is 219 Å². The molecule has 6 rings (SSSR count). The fraction of sp³-hybridized carbons (Fsp3) is 0.451. The summed E-state index contributed by atoms with van der Waals surface area (Å²) in [5.41, 5.74) is 2.44. The van der Waals surface area contributed by atoms with E-state index >= 15 is 0 Å². The molecule has 0 aliphatic carbocycles. The van der Waals surface area contributed by atoms with Crippen LogP contribution in [-0.2, 0) is 91.4 Å². The summed E-state index contributed by atoms with van der Waals surface area (Å²) in [4.78, 5) is 53.3. The number of alkyl halides is 3. The van der Waals surface area contributed by atoms with Gasteiger partial charge in [-0.2, -0.15) is 0 Å². The maximum atomic E-state index is 13.8. The molecule has 0 saturated carbocycles. The number of amides is 2. The van der Waals surface area contributed by atoms with Crippen LogP contribution in [-0.4, -0.2) is 130 Å². The predicted octanol–water partition coefficient (Wildman–Crippen LogP) is 6.55. The molecule has 2 aliphatic rings. The van der Waals surface area contributed by atoms with Crippen LogP contribution in [0.1, 0.15) is 43.9 Å². The van der Waals surface area contributed by atoms with E-state index in [-0.39, 0.29) is 44.4 Å². The Morgan fingerprint density at radius 1 is 0.699 bits per heavy atom. The first kappa shape index (κ1) is 57.4. The molecule has 18 nitrogen and oxygen atoms in total. The Hall–Kier alpha value is -4.90. The zero-order valence-corrected chi connectivity index (χ0v) is 43.3. The molecule has 2 heterocycles. The summed E-state index contributed by atoms with van der Waals surface area (Å²) in [6, 6.07) is 32.9. The third-order valence-corrected chi connectivity index (χ3v) is 13.3. The lowest BCUT2D eigenvalue weighted by molar-refractivity contribution is -0.333. The van der Waals surface area contributed by atoms with Gasteiger partial charge in [-0.15, -0.1) is 0 Å². The quantitative estimate of drug-likeness (QED) is 0.0432. The normalized spacial score (nSPS) is 23.6. The van der Waals surface area contributed by atoms with E-state index in [9.17, 15) is 27.6 Å². The zero-order chi connectivity index (χ0) is 52.4. The lowest BCUT2D eigenvalue weighted by Gasteiger charge is -2.49. The van der Waals surface area contributed by atoms with Crippen molar-refractivity contribution in [1.82, 2.24) is 10.6 Å². The van der Waals surface area contributed by atoms with Crippen molar-refractivity contribution in [2.75, 3.05) is 32.2 Å². The largest absolute Gasteiger partial charge is 0.463 e. The number of hydrogen-bond donors (Lipinski definition) is 2. The third kappa shape index (κ3) is 18.8. The van der Waals surface area contributed by atoms with Crippen LogP contribution in [0, 0.1) is 0 Å². The summed E-state index contributed by atoms with van der Waals surface area (Å²) >= 11 is 17.7. The second-order valence-corrected chi connectivity index (χ2v) is 21.7. The van der Waals surface area contributed by atoms with Crippen molar-refractivity contribution < 1.29 is 75.0 Å². The second-order valence-electron chi connectivity index (χ2n) is 17.1. The molecule has 2 fully saturated rings. The van der Waals surface area contributed by atoms with Crippen molar-refractivity contribution in [2.45, 2.75) is 117 Å². The molecule has 0 unspecified atom stereocenters. The molecular formula is C51H59Cl3N2O16S. The van der Waals surface area contributed by atoms with Crippen LogP contribution >= 0.6 is 34.8 Å². The molecule has 0 aromatic heterocycles. The molecule has 4 aromatic rings. The van der Waals surface area contributed by atoms with E-state index in [4.69, 9.17) is 82.2 Å². The number of carbonyl (C=O) groups excluding carboxylic acids is 4. The number of rotatable bonds is 24. The first-order valence-electron chi connectivity index (χ1n) is 23.3. The van der Waals surface area contributed by atoms with Gasteiger partial charge in [-0.05, 0) is 35.7 Å². The standard InChI is InChI=1S/C51H59Cl3N2O16S/c1-33(47(59)65-24-25-73(61,62)40-22-14-7-15-23-40)68-46-44(55-34(2)57)48(66-29-38-20-12-6-13-21-38)71-42(31-64-28-37-18-10-5-11-19-37)45(46)72-49-43(56-50(60)67-32-51(52,53)54)41(69-35(3)58)26-39(70-49)30-63-27-36-16-8-4-9-17-36/h4-23,33,39,41-46,48-49H,24-32H2,1-3H3,(H,55,57)(H,56,60)/t33-,39+,41+,42-,43-,44-,45-,46-,48+,49+/m1/s1. The van der Waals surface area contributed by atoms with Crippen molar-refractivity contribution in [3.63, 3.8) is 0 Å². The van der Waals surface area contributed by atoms with Gasteiger partial charge in [0.25, 0.3) is 0 Å². The molecule has 2 amide bonds. The molecule has 2 aliphatic heterocycles. The minimum Gasteiger partial charge on any atom is -0.463 e. The van der Waals surface area contributed by atoms with Gasteiger partial charge in [-0.3, -0.25) is 9.59 Å². The summed E-state index contributed by atoms with van der Waals surface area (Å²) in [5.74, 6) is -2.74. The summed E-state index contributed by atoms with van der Waals surface area (Å²) in [5, 5.41) is 5.50. The summed E-state index contributed by atoms with van der Waals surface area (Å²) in [6.45, 7) is 2.66. The highest BCUT2D eigenvalue weighted by Crippen LogP contribution is 2.34. The molecule has 4 aromatic carbocycles. The maximum Gasteiger partial charge on any atom is 0.407 e. The van der Waals surface area contributed by atoms with Crippen LogP contribution in [0.4, 0.5) is 4.79 Å². The van der Waals surface area contributed by atoms with E-state index in [1.165, 1.54) is 32.9 Å². The van der Waals surface area contributed by atoms with Gasteiger partial charge in [0.1, 0.15) is 49.7 Å². The van der Waals surface area contributed by atoms with Gasteiger partial charge in [-0.25, -0.2) is 18.0 Å². The fourth-order valence-electron chi connectivity index (χ4n) is 7.91. The van der Waals surface area contributed by atoms with Gasteiger partial charge >= 0.3 is 18.0 Å². The molecule has 10 atom stereocenters. The number of halogens is 3. The van der Waals surface area contributed by atoms with Crippen LogP contribution in [0.15, 0.2) is 126 Å². The Morgan fingerprint density at radius 3 is 1.82 bits per heavy atom. The average molecular weight is 1090 g/mol. The first-order chi connectivity index (χ1) is 34.9. The number of esters is 2. The van der Waals surface area contributed by atoms with Gasteiger partial charge in [0.2, 0.25) is 9.70 Å². The molecule has 22 heteroatoms. The van der Waals surface area contributed by atoms with E-state index in [0.29, 0.717) is 0 Å². The molecule has 2 saturated heterocycles. The van der Waals surface area contributed by atoms with Crippen molar-refractivity contribution in [3.8, 4) is 0 Å². The SMILES string of the molecule is CC(=O)N[C@H]1[C@@H](OCc2ccccc2)O[C@H](COCc2ccccc2)[C@@H](O[C@@H]2O[C@H](COCc3ccccc3)C[C@H](OC(C)=O)[C@H]2NC(=O)OCC(Cl)(Cl)Cl)[C@@H]1O[C@H](C)C(=O)OCCS(=O)(=O)c1ccccc1. The maximum absolute atomic E-state index is 13.8. The van der Waals surface area contributed by atoms with Gasteiger partial charge < -0.3 is 58.0 Å². The highest BCUT2D eigenvalue weighted by molar-refractivity contribution is 7.91. The first-order valence-corrected chi connectivity index (χ1v) is 26.1. The Kier molecular flexibility index (Phi) is 22.1. The summed E-state index contributed by atoms with van der Waals surface area (Å²) < 4.78 is 86.2. The number of hydrogen-bond acceptors (Lipinski definition) is 16. The van der Waals surface area contributed by atoms with E-state index in [1.807, 2.05) is 91.0 Å². The van der Waals surface area contributed by atoms with Crippen LogP contribution in [0.3, 0.4) is 0 Å². The Morgan fingerprint density at radius 2 is 1.26 bits per heavy atom. The zero-order valence-electron chi connectivity index (χ0n) is 40.3. The lowest BCUT2D eigenvalue weighted by Crippen LogP contribution is -2.69. The lowest BCUT2D eigenvalue weighted by atomic mass is 9.94. The number of carbonyl (C=O) groups is 4. The van der Waals surface area contributed by atoms with Crippen LogP contribution in [0.25, 0.3) is 0 Å². The molecule has 0 radical (unpaired) electrons. The summed E-state index contributed by atoms with van der Waals surface area (Å²) in [7, 11) is -3.84. The van der Waals surface area contributed by atoms with Crippen molar-refractivity contribution in [3.05, 3.63) is 138 Å². The van der Waals surface area contributed by atoms with Gasteiger partial charge in [0, 0.05) is 20.3 Å². The molecule has 396 valence electrons. The number of alkyl carbamates (subject to hydrolysis) is 1. The van der Waals surface area contributed by atoms with Crippen molar-refractivity contribution in [2.24, 2.45) is 0 Å². The smallest absolute Gasteiger partial charge is 0.407 e. The molecular weight excluding hydrogens is 1030 g/mol. The minimum absolute atomic E-state index is 0.00628. The van der Waals surface area contributed by atoms with E-state index in [0.717, 1.165) is 16.7 Å². The molecule has 0 bridgehead atoms. The predicted molar refractivity (Wildman–Crippen MR) is 266 cm³/mol. The van der Waals surface area contributed by atoms with Crippen molar-refractivity contribution >= 4 is 68.6 Å². The van der Waals surface area contributed by atoms with Gasteiger partial charge in [0.15, 0.2) is 28.5 Å². The number of benzene rings is 4. The number of nitrogens with one attached hydrogen (secondary N) is 2. The second kappa shape index (κ2) is 28.1. The Balaban J connectivity index is 1.37. The molecule has 0 spiro atoms. The Labute approximate surface area is 439 Å².